The lowest BCUT2D eigenvalue weighted by Gasteiger charge is -2.40. The number of nitrogens with zero attached hydrogens (tertiary/aromatic N) is 15. The third kappa shape index (κ3) is 18.6. The molecule has 6 aliphatic heterocycles. The van der Waals surface area contributed by atoms with Gasteiger partial charge < -0.3 is 154 Å². The Kier molecular flexibility index (Phi) is 27.0. The molecule has 0 spiro atoms. The largest absolute Gasteiger partial charge is 0.780 e. The fraction of sp³-hybridized carbons (Fsp3) is 0.629. The highest BCUT2D eigenvalue weighted by Gasteiger charge is 2.68. The Morgan fingerprint density at radius 1 is 0.571 bits per heavy atom. The molecule has 50 nitrogen and oxygen atoms in total. The van der Waals surface area contributed by atoms with Crippen molar-refractivity contribution in [1.29, 1.82) is 0 Å². The molecule has 8 aromatic heterocycles. The van der Waals surface area contributed by atoms with Gasteiger partial charge in [-0.2, -0.15) is 15.0 Å². The molecule has 12 N–H and O–H groups in total. The number of hydrogen-bond donors (Lipinski definition) is 7. The fourth-order valence-electron chi connectivity index (χ4n) is 14.5. The number of phosphoric acid groups is 1. The van der Waals surface area contributed by atoms with Gasteiger partial charge >= 0.3 is 11.4 Å². The summed E-state index contributed by atoms with van der Waals surface area (Å²) in [6.45, 7) is -13.1. The van der Waals surface area contributed by atoms with Crippen LogP contribution in [0.25, 0.3) is 33.5 Å². The first-order valence-electron chi connectivity index (χ1n) is 36.4. The summed E-state index contributed by atoms with van der Waals surface area (Å²) in [5.41, 5.74) is 26.6. The maximum Gasteiger partial charge on any atom is 0.351 e. The zero-order valence-corrected chi connectivity index (χ0v) is 70.0. The van der Waals surface area contributed by atoms with Gasteiger partial charge in [0.1, 0.15) is 128 Å². The molecule has 57 heteroatoms. The molecule has 0 radical (unpaired) electrons. The van der Waals surface area contributed by atoms with Gasteiger partial charge in [0, 0.05) is 51.3 Å². The molecular weight excluding hydrogens is 1720 g/mol. The predicted octanol–water partition coefficient (Wildman–Crippen LogP) is -2.36. The number of imidazole rings is 3. The van der Waals surface area contributed by atoms with E-state index in [-0.39, 0.29) is 97.6 Å². The van der Waals surface area contributed by atoms with E-state index in [1.165, 1.54) is 68.8 Å². The van der Waals surface area contributed by atoms with Crippen molar-refractivity contribution in [3.8, 4) is 0 Å². The van der Waals surface area contributed by atoms with Crippen LogP contribution in [0.4, 0.5) is 29.2 Å². The van der Waals surface area contributed by atoms with Gasteiger partial charge in [-0.15, -0.1) is 0 Å². The van der Waals surface area contributed by atoms with Crippen molar-refractivity contribution in [3.63, 3.8) is 0 Å². The average molecular weight is 1810 g/mol. The average Bonchev–Trinajstić information content (AvgIpc) is 1.55. The number of nitrogen functional groups attached to an aromatic ring is 5. The molecule has 6 aliphatic rings. The van der Waals surface area contributed by atoms with Crippen molar-refractivity contribution in [2.45, 2.75) is 163 Å². The number of phosphoric ester groups is 1. The minimum absolute atomic E-state index is 0.0364. The Morgan fingerprint density at radius 2 is 1.08 bits per heavy atom. The second-order valence-electron chi connectivity index (χ2n) is 27.8. The Balaban J connectivity index is 0.746. The molecule has 14 heterocycles. The molecule has 6 saturated heterocycles. The van der Waals surface area contributed by atoms with Gasteiger partial charge in [-0.3, -0.25) is 41.7 Å². The summed E-state index contributed by atoms with van der Waals surface area (Å²) in [6.07, 6.45) is -18.4. The number of hydrogen-bond acceptors (Lipinski definition) is 47. The zero-order chi connectivity index (χ0) is 84.9. The minimum Gasteiger partial charge on any atom is -0.780 e. The van der Waals surface area contributed by atoms with Gasteiger partial charge in [0.15, 0.2) is 65.8 Å². The molecule has 0 aromatic carbocycles. The Bertz CT molecular complexity index is 5390. The number of aliphatic hydroxyl groups excluding tert-OH is 1. The minimum atomic E-state index is -5.92. The number of anilines is 5. The van der Waals surface area contributed by atoms with Crippen LogP contribution in [0, 0.1) is 13.8 Å². The van der Waals surface area contributed by atoms with Crippen LogP contribution in [0.1, 0.15) is 69.0 Å². The number of H-pyrrole nitrogens is 1. The molecule has 2 bridgehead atoms. The Morgan fingerprint density at radius 3 is 1.66 bits per heavy atom. The predicted molar refractivity (Wildman–Crippen MR) is 410 cm³/mol. The van der Waals surface area contributed by atoms with Crippen LogP contribution in [0.15, 0.2) is 58.4 Å². The highest BCUT2D eigenvalue weighted by Crippen LogP contribution is 2.59. The van der Waals surface area contributed by atoms with Crippen LogP contribution in [0.2, 0.25) is 0 Å². The van der Waals surface area contributed by atoms with Crippen LogP contribution < -0.4 is 60.3 Å². The number of nitrogens with one attached hydrogen (secondary N) is 1. The first kappa shape index (κ1) is 88.7. The monoisotopic (exact) mass is 1810 g/mol. The van der Waals surface area contributed by atoms with Gasteiger partial charge in [0.05, 0.1) is 103 Å². The summed E-state index contributed by atoms with van der Waals surface area (Å²) < 4.78 is 158. The first-order valence-corrected chi connectivity index (χ1v) is 45.6. The number of aryl methyl sites for hydroxylation is 2. The summed E-state index contributed by atoms with van der Waals surface area (Å²) in [5, 5.41) is 11.8. The van der Waals surface area contributed by atoms with E-state index in [0.717, 1.165) is 21.8 Å². The van der Waals surface area contributed by atoms with Crippen LogP contribution in [0.5, 0.6) is 0 Å². The molecule has 652 valence electrons. The molecule has 14 rings (SSSR count). The quantitative estimate of drug-likeness (QED) is 0.0121. The van der Waals surface area contributed by atoms with E-state index in [4.69, 9.17) is 158 Å². The van der Waals surface area contributed by atoms with Crippen LogP contribution >= 0.6 is 28.1 Å². The Labute approximate surface area is 688 Å². The molecule has 6 fully saturated rings. The second-order valence-corrected chi connectivity index (χ2v) is 37.3. The van der Waals surface area contributed by atoms with Gasteiger partial charge in [-0.1, -0.05) is 30.5 Å². The maximum atomic E-state index is 15.4. The molecule has 8 aromatic rings. The van der Waals surface area contributed by atoms with Gasteiger partial charge in [0.2, 0.25) is 5.95 Å². The molecular formula is C62H83N21O29P4S3-4. The summed E-state index contributed by atoms with van der Waals surface area (Å²) in [6, 6.07) is 0. The third-order valence-corrected chi connectivity index (χ3v) is 25.9. The van der Waals surface area contributed by atoms with E-state index in [9.17, 15) is 38.7 Å². The van der Waals surface area contributed by atoms with Crippen molar-refractivity contribution in [2.75, 3.05) is 116 Å². The summed E-state index contributed by atoms with van der Waals surface area (Å²) in [4.78, 5) is 129. The van der Waals surface area contributed by atoms with E-state index in [2.05, 4.69) is 54.8 Å². The number of aliphatic hydroxyl groups is 1. The van der Waals surface area contributed by atoms with Crippen LogP contribution in [-0.4, -0.2) is 261 Å². The molecule has 0 amide bonds. The molecule has 8 unspecified atom stereocenters. The number of aromatic amines is 1. The van der Waals surface area contributed by atoms with Crippen LogP contribution in [0.3, 0.4) is 0 Å². The van der Waals surface area contributed by atoms with E-state index >= 15 is 4.57 Å². The fourth-order valence-corrected chi connectivity index (χ4v) is 19.8. The number of fused-ring (bicyclic) bond motifs is 5. The number of ether oxygens (including phenoxy) is 12. The lowest BCUT2D eigenvalue weighted by molar-refractivity contribution is -0.245. The van der Waals surface area contributed by atoms with Gasteiger partial charge in [0.25, 0.3) is 13.4 Å². The standard InChI is InChI=1S/C62H87N21O29P4S3/c1-8-30-31(15-35(104-30)81-24-72-36-49(65)68-22-70-51(36)81)109-116(92,119)102-21-62-29(4)103-45(58(108-62)80-17-28(3)48(64)76-61(80)87)46(62)112-113(88,89)99-19-33-40(43(97-13-10-94-6)56(106-33)82-25-73-37-50(66)69-23-71-52(37)82)110-115(91,118)101-20-34-41(44(98-14-11-95-7)57(107-34)83-26-74-38-53(83)77-59(67)78-54(38)85)111-114(90,117)100-18-32-39(84)42(96-12-9-93-5)55(105-32)79-16-27(2)47(63)75-60(79)86/h16-17,22-26,29-35,39-46,55-58,84H,8-15,18-21H2,1-7H3,(H,88,89)(H,90,117)(H,91,118)(H,92,119)(H2,63,75,86)(H2,64,76,87)(H2,65,68,70)(H2,66,69,71)(H3,67,77,78,85)/p-4/t29-,30+,31+,32+,33+,34+,35+,39-,40-,41-,42?,43?,44?,45?,46+,55+,56+,57+,58+,62-,114?,115?,116?/m0/s1. The second kappa shape index (κ2) is 36.3. The summed E-state index contributed by atoms with van der Waals surface area (Å²) in [7, 11) is -1.77. The van der Waals surface area contributed by atoms with E-state index in [0.29, 0.717) is 28.7 Å². The van der Waals surface area contributed by atoms with Crippen molar-refractivity contribution in [1.82, 2.24) is 77.7 Å². The lowest BCUT2D eigenvalue weighted by atomic mass is 9.94. The smallest absolute Gasteiger partial charge is 0.351 e. The van der Waals surface area contributed by atoms with Crippen molar-refractivity contribution < 1.29 is 122 Å². The van der Waals surface area contributed by atoms with E-state index in [1.807, 2.05) is 0 Å². The third-order valence-electron chi connectivity index (χ3n) is 20.3. The number of aromatic nitrogens is 16. The normalized spacial score (nSPS) is 30.9. The Hall–Kier alpha value is -6.64. The lowest BCUT2D eigenvalue weighted by Crippen LogP contribution is -2.51. The topological polar surface area (TPSA) is 659 Å². The maximum absolute atomic E-state index is 15.4. The van der Waals surface area contributed by atoms with Gasteiger partial charge in [-0.25, -0.2) is 44.5 Å². The summed E-state index contributed by atoms with van der Waals surface area (Å²) in [5.74, 6) is -0.516. The van der Waals surface area contributed by atoms with Gasteiger partial charge in [-0.05, 0) is 27.2 Å². The SMILES string of the molecule is CC[C@H]1O[C@@H](n2cnc3c(N)ncnc32)C[C@H]1OP([O-])(=S)OC[C@]12O[C@@H](n3cc(C)c(N)nc3=O)C(O[C@H]1C)[C@H]2OP(=O)([O-])OC[C@H]1O[C@@H](n2cnc3c(N)ncnc32)C(OCCOC)[C@H]1OP(=O)([S-])OC[C@H]1O[C@@H](n2cnc3c(=O)[nH]c(N)nc32)C(OCCOC)[C@H]1OP([O-])(=S)OC[C@H]1O[C@@H](n2cc(C)c(N)nc2=O)C(OCCOC)[C@H]1O. The van der Waals surface area contributed by atoms with Crippen molar-refractivity contribution in [3.05, 3.63) is 86.5 Å². The molecule has 0 aliphatic carbocycles. The first-order chi connectivity index (χ1) is 56.6. The zero-order valence-electron chi connectivity index (χ0n) is 64.0. The highest BCUT2D eigenvalue weighted by molar-refractivity contribution is 8.32. The molecule has 119 heavy (non-hydrogen) atoms. The number of methoxy groups -OCH3 is 3. The molecule has 0 saturated carbocycles. The van der Waals surface area contributed by atoms with Crippen molar-refractivity contribution in [2.24, 2.45) is 0 Å². The summed E-state index contributed by atoms with van der Waals surface area (Å²) >= 11 is 16.8. The molecule has 24 atom stereocenters. The van der Waals surface area contributed by atoms with E-state index < -0.39 is 194 Å². The number of rotatable bonds is 38. The van der Waals surface area contributed by atoms with Crippen molar-refractivity contribution >= 4 is 127 Å². The highest BCUT2D eigenvalue weighted by atomic mass is 32.7. The van der Waals surface area contributed by atoms with Crippen LogP contribution in [-0.2, 0) is 138 Å². The van der Waals surface area contributed by atoms with E-state index in [1.54, 1.807) is 25.3 Å². The number of nitrogens with two attached hydrogens (primary N) is 5.